The zero-order valence-corrected chi connectivity index (χ0v) is 22.6. The monoisotopic (exact) mass is 446 g/mol. The average Bonchev–Trinajstić information content (AvgIpc) is 2.79. The number of hydrogen-bond donors (Lipinski definition) is 0. The van der Waals surface area contributed by atoms with Crippen LogP contribution in [0.1, 0.15) is 55.6 Å². The predicted molar refractivity (Wildman–Crippen MR) is 153 cm³/mol. The number of fused-ring (bicyclic) bond motifs is 3. The summed E-state index contributed by atoms with van der Waals surface area (Å²) in [6, 6.07) is 17.9. The molecule has 0 saturated heterocycles. The number of benzene rings is 5. The summed E-state index contributed by atoms with van der Waals surface area (Å²) in [4.78, 5) is 0. The molecule has 0 N–H and O–H groups in total. The van der Waals surface area contributed by atoms with E-state index < -0.39 is 0 Å². The molecule has 0 atom stereocenters. The molecule has 174 valence electrons. The molecule has 34 heavy (non-hydrogen) atoms. The van der Waals surface area contributed by atoms with E-state index in [9.17, 15) is 0 Å². The highest BCUT2D eigenvalue weighted by Gasteiger charge is 2.15. The van der Waals surface area contributed by atoms with E-state index in [-0.39, 0.29) is 0 Å². The Hall–Kier alpha value is -3.12. The molecule has 5 rings (SSSR count). The first-order valence-corrected chi connectivity index (χ1v) is 12.4. The molecule has 0 unspecified atom stereocenters. The molecule has 0 bridgehead atoms. The van der Waals surface area contributed by atoms with Crippen LogP contribution in [0, 0.1) is 69.2 Å². The first kappa shape index (κ1) is 24.0. The highest BCUT2D eigenvalue weighted by Crippen LogP contribution is 2.38. The van der Waals surface area contributed by atoms with Crippen molar-refractivity contribution in [1.29, 1.82) is 0 Å². The third-order valence-corrected chi connectivity index (χ3v) is 7.74. The Morgan fingerprint density at radius 1 is 0.235 bits per heavy atom. The minimum absolute atomic E-state index is 1.38. The van der Waals surface area contributed by atoms with Crippen LogP contribution in [0.25, 0.3) is 32.3 Å². The second-order valence-electron chi connectivity index (χ2n) is 10.3. The van der Waals surface area contributed by atoms with Gasteiger partial charge in [-0.05, 0) is 157 Å². The number of hydrogen-bond acceptors (Lipinski definition) is 0. The van der Waals surface area contributed by atoms with Gasteiger partial charge in [-0.1, -0.05) is 48.5 Å². The summed E-state index contributed by atoms with van der Waals surface area (Å²) in [6.07, 6.45) is 0. The van der Waals surface area contributed by atoms with Gasteiger partial charge in [-0.25, -0.2) is 0 Å². The molecule has 0 heteroatoms. The Morgan fingerprint density at radius 3 is 0.559 bits per heavy atom. The SMILES string of the molecule is Cc1ccc(C)c2c(C)c3c(C)ccc(C)c3c(C)c12.Cc1ccc(C)c2c(C)ccc(C)c12. The van der Waals surface area contributed by atoms with E-state index in [1.165, 1.54) is 88.0 Å². The van der Waals surface area contributed by atoms with Crippen molar-refractivity contribution in [3.05, 3.63) is 104 Å². The van der Waals surface area contributed by atoms with Crippen molar-refractivity contribution in [2.75, 3.05) is 0 Å². The smallest absolute Gasteiger partial charge is 0.0114 e. The van der Waals surface area contributed by atoms with Crippen molar-refractivity contribution in [3.63, 3.8) is 0 Å². The zero-order valence-electron chi connectivity index (χ0n) is 22.6. The van der Waals surface area contributed by atoms with E-state index in [2.05, 4.69) is 118 Å². The van der Waals surface area contributed by atoms with Crippen LogP contribution in [0.3, 0.4) is 0 Å². The molecule has 0 nitrogen and oxygen atoms in total. The standard InChI is InChI=1S/C20H22.C14H16/c1-11-7-8-12(2)18-16(6)20-14(4)10-9-13(3)19(20)15(5)17(11)18;1-9-5-6-11(3)14-12(4)8-7-10(2)13(9)14/h7-10H,1-6H3;5-8H,1-4H3. The average molecular weight is 447 g/mol. The van der Waals surface area contributed by atoms with Crippen molar-refractivity contribution >= 4 is 32.3 Å². The minimum atomic E-state index is 1.38. The van der Waals surface area contributed by atoms with Gasteiger partial charge < -0.3 is 0 Å². The third-order valence-electron chi connectivity index (χ3n) is 7.74. The van der Waals surface area contributed by atoms with Gasteiger partial charge in [-0.3, -0.25) is 0 Å². The van der Waals surface area contributed by atoms with Crippen LogP contribution in [0.5, 0.6) is 0 Å². The van der Waals surface area contributed by atoms with Crippen LogP contribution in [-0.2, 0) is 0 Å². The summed E-state index contributed by atoms with van der Waals surface area (Å²) in [7, 11) is 0. The minimum Gasteiger partial charge on any atom is -0.0584 e. The first-order chi connectivity index (χ1) is 16.0. The molecule has 5 aromatic carbocycles. The molecule has 5 aromatic rings. The van der Waals surface area contributed by atoms with Crippen LogP contribution in [0.2, 0.25) is 0 Å². The van der Waals surface area contributed by atoms with Gasteiger partial charge in [0.25, 0.3) is 0 Å². The van der Waals surface area contributed by atoms with Crippen molar-refractivity contribution in [2.24, 2.45) is 0 Å². The maximum atomic E-state index is 2.28. The van der Waals surface area contributed by atoms with Gasteiger partial charge in [0, 0.05) is 0 Å². The molecule has 0 saturated carbocycles. The molecule has 0 aromatic heterocycles. The molecule has 0 fully saturated rings. The molecule has 0 spiro atoms. The summed E-state index contributed by atoms with van der Waals surface area (Å²) in [5.41, 5.74) is 13.9. The van der Waals surface area contributed by atoms with Crippen molar-refractivity contribution in [2.45, 2.75) is 69.2 Å². The molecule has 0 amide bonds. The molecule has 0 aliphatic carbocycles. The van der Waals surface area contributed by atoms with Crippen LogP contribution >= 0.6 is 0 Å². The second kappa shape index (κ2) is 8.91. The van der Waals surface area contributed by atoms with Crippen LogP contribution in [-0.4, -0.2) is 0 Å². The lowest BCUT2D eigenvalue weighted by Crippen LogP contribution is -1.96. The summed E-state index contributed by atoms with van der Waals surface area (Å²) < 4.78 is 0. The Kier molecular flexibility index (Phi) is 6.30. The molecule has 0 aliphatic rings. The van der Waals surface area contributed by atoms with Crippen molar-refractivity contribution < 1.29 is 0 Å². The van der Waals surface area contributed by atoms with Gasteiger partial charge in [0.05, 0.1) is 0 Å². The van der Waals surface area contributed by atoms with E-state index in [1.54, 1.807) is 0 Å². The highest BCUT2D eigenvalue weighted by atomic mass is 14.2. The van der Waals surface area contributed by atoms with Gasteiger partial charge in [-0.2, -0.15) is 0 Å². The molecule has 0 heterocycles. The lowest BCUT2D eigenvalue weighted by molar-refractivity contribution is 1.38. The zero-order chi connectivity index (χ0) is 24.9. The predicted octanol–water partition coefficient (Wildman–Crippen LogP) is 9.92. The maximum Gasteiger partial charge on any atom is -0.0114 e. The first-order valence-electron chi connectivity index (χ1n) is 12.4. The van der Waals surface area contributed by atoms with Gasteiger partial charge in [-0.15, -0.1) is 0 Å². The molecule has 0 aliphatic heterocycles. The second-order valence-corrected chi connectivity index (χ2v) is 10.3. The Labute approximate surface area is 205 Å². The normalized spacial score (nSPS) is 11.2. The summed E-state index contributed by atoms with van der Waals surface area (Å²) in [6.45, 7) is 22.2. The van der Waals surface area contributed by atoms with E-state index in [1.807, 2.05) is 0 Å². The van der Waals surface area contributed by atoms with Gasteiger partial charge in [0.1, 0.15) is 0 Å². The van der Waals surface area contributed by atoms with Gasteiger partial charge >= 0.3 is 0 Å². The van der Waals surface area contributed by atoms with Crippen LogP contribution in [0.4, 0.5) is 0 Å². The third kappa shape index (κ3) is 3.80. The fourth-order valence-electron chi connectivity index (χ4n) is 6.05. The summed E-state index contributed by atoms with van der Waals surface area (Å²) in [5, 5.41) is 8.66. The Balaban J connectivity index is 0.000000172. The lowest BCUT2D eigenvalue weighted by Gasteiger charge is -2.19. The lowest BCUT2D eigenvalue weighted by atomic mass is 9.85. The van der Waals surface area contributed by atoms with Crippen LogP contribution < -0.4 is 0 Å². The fraction of sp³-hybridized carbons (Fsp3) is 0.294. The van der Waals surface area contributed by atoms with Crippen molar-refractivity contribution in [1.82, 2.24) is 0 Å². The quantitative estimate of drug-likeness (QED) is 0.208. The number of aryl methyl sites for hydroxylation is 10. The van der Waals surface area contributed by atoms with E-state index in [0.717, 1.165) is 0 Å². The molecular formula is C34H38. The van der Waals surface area contributed by atoms with Gasteiger partial charge in [0.2, 0.25) is 0 Å². The fourth-order valence-corrected chi connectivity index (χ4v) is 6.05. The Bertz CT molecular complexity index is 1350. The topological polar surface area (TPSA) is 0 Å². The highest BCUT2D eigenvalue weighted by molar-refractivity contribution is 6.09. The van der Waals surface area contributed by atoms with E-state index >= 15 is 0 Å². The van der Waals surface area contributed by atoms with Gasteiger partial charge in [0.15, 0.2) is 0 Å². The molecular weight excluding hydrogens is 408 g/mol. The Morgan fingerprint density at radius 2 is 0.382 bits per heavy atom. The van der Waals surface area contributed by atoms with Crippen LogP contribution in [0.15, 0.2) is 48.5 Å². The molecule has 0 radical (unpaired) electrons. The van der Waals surface area contributed by atoms with Crippen molar-refractivity contribution in [3.8, 4) is 0 Å². The number of rotatable bonds is 0. The maximum absolute atomic E-state index is 2.28. The van der Waals surface area contributed by atoms with E-state index in [4.69, 9.17) is 0 Å². The largest absolute Gasteiger partial charge is 0.0584 e. The van der Waals surface area contributed by atoms with E-state index in [0.29, 0.717) is 0 Å². The summed E-state index contributed by atoms with van der Waals surface area (Å²) in [5.74, 6) is 0. The summed E-state index contributed by atoms with van der Waals surface area (Å²) >= 11 is 0.